The average molecular weight is 167 g/mol. The number of hydrogen-bond donors (Lipinski definition) is 2. The molecule has 2 unspecified atom stereocenters. The Bertz CT molecular complexity index is 206. The molecular formula is C9H17N3. The first-order chi connectivity index (χ1) is 5.75. The molecule has 68 valence electrons. The molecule has 3 nitrogen and oxygen atoms in total. The van der Waals surface area contributed by atoms with Gasteiger partial charge in [0.15, 0.2) is 0 Å². The molecule has 0 aliphatic carbocycles. The maximum atomic E-state index is 5.97. The quantitative estimate of drug-likeness (QED) is 0.716. The van der Waals surface area contributed by atoms with Gasteiger partial charge in [-0.25, -0.2) is 0 Å². The van der Waals surface area contributed by atoms with Crippen LogP contribution < -0.4 is 5.73 Å². The lowest BCUT2D eigenvalue weighted by atomic mass is 9.96. The molecule has 0 saturated carbocycles. The largest absolute Gasteiger partial charge is 0.327 e. The highest BCUT2D eigenvalue weighted by Crippen LogP contribution is 2.17. The Labute approximate surface area is 73.4 Å². The van der Waals surface area contributed by atoms with Crippen LogP contribution in [0.1, 0.15) is 38.3 Å². The van der Waals surface area contributed by atoms with Gasteiger partial charge in [0.25, 0.3) is 0 Å². The molecule has 0 radical (unpaired) electrons. The fourth-order valence-electron chi connectivity index (χ4n) is 1.33. The highest BCUT2D eigenvalue weighted by molar-refractivity contribution is 5.06. The lowest BCUT2D eigenvalue weighted by Gasteiger charge is -2.17. The van der Waals surface area contributed by atoms with Crippen LogP contribution in [0.3, 0.4) is 0 Å². The second kappa shape index (κ2) is 4.26. The summed E-state index contributed by atoms with van der Waals surface area (Å²) in [6.07, 6.45) is 3.98. The molecule has 2 atom stereocenters. The van der Waals surface area contributed by atoms with Gasteiger partial charge in [-0.15, -0.1) is 0 Å². The number of aromatic amines is 1. The van der Waals surface area contributed by atoms with Gasteiger partial charge in [-0.3, -0.25) is 5.10 Å². The Morgan fingerprint density at radius 2 is 2.42 bits per heavy atom. The number of nitrogens with one attached hydrogen (secondary N) is 1. The predicted molar refractivity (Wildman–Crippen MR) is 49.9 cm³/mol. The Morgan fingerprint density at radius 1 is 1.67 bits per heavy atom. The van der Waals surface area contributed by atoms with Crippen molar-refractivity contribution in [3.05, 3.63) is 18.0 Å². The molecule has 1 rings (SSSR count). The van der Waals surface area contributed by atoms with Gasteiger partial charge in [0, 0.05) is 23.9 Å². The van der Waals surface area contributed by atoms with Crippen LogP contribution in [0.15, 0.2) is 12.3 Å². The maximum absolute atomic E-state index is 5.97. The summed E-state index contributed by atoms with van der Waals surface area (Å²) >= 11 is 0. The molecule has 0 aromatic carbocycles. The molecular weight excluding hydrogens is 150 g/mol. The molecule has 1 aromatic heterocycles. The van der Waals surface area contributed by atoms with E-state index in [1.54, 1.807) is 6.20 Å². The minimum absolute atomic E-state index is 0.246. The Balaban J connectivity index is 2.53. The van der Waals surface area contributed by atoms with Crippen molar-refractivity contribution in [1.82, 2.24) is 10.2 Å². The molecule has 0 saturated heterocycles. The van der Waals surface area contributed by atoms with Crippen LogP contribution in [0.4, 0.5) is 0 Å². The van der Waals surface area contributed by atoms with Crippen molar-refractivity contribution in [3.8, 4) is 0 Å². The summed E-state index contributed by atoms with van der Waals surface area (Å²) in [6.45, 7) is 4.29. The van der Waals surface area contributed by atoms with Gasteiger partial charge in [-0.2, -0.15) is 5.10 Å². The van der Waals surface area contributed by atoms with E-state index in [0.29, 0.717) is 5.92 Å². The van der Waals surface area contributed by atoms with E-state index in [2.05, 4.69) is 24.0 Å². The minimum atomic E-state index is 0.246. The van der Waals surface area contributed by atoms with Crippen molar-refractivity contribution in [2.24, 2.45) is 5.73 Å². The predicted octanol–water partition coefficient (Wildman–Crippen LogP) is 1.64. The molecule has 0 amide bonds. The highest BCUT2D eigenvalue weighted by atomic mass is 15.1. The highest BCUT2D eigenvalue weighted by Gasteiger charge is 2.14. The molecule has 0 aliphatic heterocycles. The third kappa shape index (κ3) is 2.08. The summed E-state index contributed by atoms with van der Waals surface area (Å²) in [7, 11) is 0. The normalized spacial score (nSPS) is 15.9. The monoisotopic (exact) mass is 167 g/mol. The van der Waals surface area contributed by atoms with E-state index < -0.39 is 0 Å². The third-order valence-corrected chi connectivity index (χ3v) is 2.28. The van der Waals surface area contributed by atoms with Gasteiger partial charge in [-0.05, 0) is 12.5 Å². The number of nitrogens with two attached hydrogens (primary N) is 1. The summed E-state index contributed by atoms with van der Waals surface area (Å²) in [5, 5.41) is 6.85. The van der Waals surface area contributed by atoms with Crippen molar-refractivity contribution in [1.29, 1.82) is 0 Å². The number of aromatic nitrogens is 2. The van der Waals surface area contributed by atoms with Crippen LogP contribution in [0.5, 0.6) is 0 Å². The van der Waals surface area contributed by atoms with Crippen LogP contribution >= 0.6 is 0 Å². The topological polar surface area (TPSA) is 54.7 Å². The van der Waals surface area contributed by atoms with E-state index in [9.17, 15) is 0 Å². The second-order valence-corrected chi connectivity index (χ2v) is 3.25. The van der Waals surface area contributed by atoms with Crippen molar-refractivity contribution in [2.45, 2.75) is 38.6 Å². The molecule has 0 aliphatic rings. The van der Waals surface area contributed by atoms with Crippen LogP contribution in [-0.4, -0.2) is 16.2 Å². The third-order valence-electron chi connectivity index (χ3n) is 2.28. The SMILES string of the molecule is CCCC(N)C(C)c1ccn[nH]1. The lowest BCUT2D eigenvalue weighted by Crippen LogP contribution is -2.26. The Hall–Kier alpha value is -0.830. The zero-order valence-electron chi connectivity index (χ0n) is 7.75. The van der Waals surface area contributed by atoms with Gasteiger partial charge in [-0.1, -0.05) is 20.3 Å². The van der Waals surface area contributed by atoms with E-state index in [1.807, 2.05) is 6.07 Å². The molecule has 3 heteroatoms. The van der Waals surface area contributed by atoms with E-state index in [-0.39, 0.29) is 6.04 Å². The van der Waals surface area contributed by atoms with E-state index in [1.165, 1.54) is 0 Å². The first kappa shape index (κ1) is 9.26. The fraction of sp³-hybridized carbons (Fsp3) is 0.667. The van der Waals surface area contributed by atoms with Gasteiger partial charge >= 0.3 is 0 Å². The zero-order valence-corrected chi connectivity index (χ0v) is 7.75. The average Bonchev–Trinajstić information content (AvgIpc) is 2.55. The maximum Gasteiger partial charge on any atom is 0.0490 e. The van der Waals surface area contributed by atoms with Crippen LogP contribution in [-0.2, 0) is 0 Å². The van der Waals surface area contributed by atoms with Crippen LogP contribution in [0.2, 0.25) is 0 Å². The smallest absolute Gasteiger partial charge is 0.0490 e. The van der Waals surface area contributed by atoms with Crippen molar-refractivity contribution < 1.29 is 0 Å². The van der Waals surface area contributed by atoms with Gasteiger partial charge in [0.2, 0.25) is 0 Å². The molecule has 3 N–H and O–H groups in total. The van der Waals surface area contributed by atoms with E-state index >= 15 is 0 Å². The number of rotatable bonds is 4. The summed E-state index contributed by atoms with van der Waals surface area (Å²) in [6, 6.07) is 2.23. The lowest BCUT2D eigenvalue weighted by molar-refractivity contribution is 0.513. The second-order valence-electron chi connectivity index (χ2n) is 3.25. The molecule has 1 heterocycles. The van der Waals surface area contributed by atoms with Crippen LogP contribution in [0, 0.1) is 0 Å². The zero-order chi connectivity index (χ0) is 8.97. The first-order valence-electron chi connectivity index (χ1n) is 4.50. The number of H-pyrrole nitrogens is 1. The van der Waals surface area contributed by atoms with Crippen molar-refractivity contribution in [3.63, 3.8) is 0 Å². The Morgan fingerprint density at radius 3 is 2.92 bits per heavy atom. The molecule has 0 spiro atoms. The standard InChI is InChI=1S/C9H17N3/c1-3-4-8(10)7(2)9-5-6-11-12-9/h5-8H,3-4,10H2,1-2H3,(H,11,12). The van der Waals surface area contributed by atoms with Gasteiger partial charge in [0.05, 0.1) is 0 Å². The Kier molecular flexibility index (Phi) is 3.29. The van der Waals surface area contributed by atoms with Gasteiger partial charge < -0.3 is 5.73 Å². The summed E-state index contributed by atoms with van der Waals surface area (Å²) in [4.78, 5) is 0. The molecule has 0 bridgehead atoms. The molecule has 12 heavy (non-hydrogen) atoms. The van der Waals surface area contributed by atoms with Crippen molar-refractivity contribution in [2.75, 3.05) is 0 Å². The fourth-order valence-corrected chi connectivity index (χ4v) is 1.33. The number of hydrogen-bond acceptors (Lipinski definition) is 2. The number of nitrogens with zero attached hydrogens (tertiary/aromatic N) is 1. The minimum Gasteiger partial charge on any atom is -0.327 e. The summed E-state index contributed by atoms with van der Waals surface area (Å²) < 4.78 is 0. The van der Waals surface area contributed by atoms with E-state index in [4.69, 9.17) is 5.73 Å². The molecule has 1 aromatic rings. The van der Waals surface area contributed by atoms with Crippen molar-refractivity contribution >= 4 is 0 Å². The van der Waals surface area contributed by atoms with E-state index in [0.717, 1.165) is 18.5 Å². The van der Waals surface area contributed by atoms with Gasteiger partial charge in [0.1, 0.15) is 0 Å². The summed E-state index contributed by atoms with van der Waals surface area (Å²) in [5.74, 6) is 0.382. The van der Waals surface area contributed by atoms with Crippen LogP contribution in [0.25, 0.3) is 0 Å². The first-order valence-corrected chi connectivity index (χ1v) is 4.50. The summed E-state index contributed by atoms with van der Waals surface area (Å²) in [5.41, 5.74) is 7.11. The molecule has 0 fully saturated rings.